The number of carbonyl (C=O) groups is 1. The van der Waals surface area contributed by atoms with Gasteiger partial charge in [-0.05, 0) is 56.7 Å². The third kappa shape index (κ3) is 5.98. The van der Waals surface area contributed by atoms with E-state index in [9.17, 15) is 13.2 Å². The van der Waals surface area contributed by atoms with Crippen molar-refractivity contribution in [1.82, 2.24) is 9.88 Å². The molecule has 3 aromatic rings. The Morgan fingerprint density at radius 2 is 1.87 bits per heavy atom. The predicted octanol–water partition coefficient (Wildman–Crippen LogP) is 4.44. The summed E-state index contributed by atoms with van der Waals surface area (Å²) in [6.45, 7) is 2.70. The molecule has 2 aromatic carbocycles. The van der Waals surface area contributed by atoms with Gasteiger partial charge in [-0.3, -0.25) is 9.69 Å². The average Bonchev–Trinajstić information content (AvgIpc) is 3.16. The zero-order valence-electron chi connectivity index (χ0n) is 17.9. The van der Waals surface area contributed by atoms with E-state index >= 15 is 0 Å². The highest BCUT2D eigenvalue weighted by atomic mass is 35.5. The lowest BCUT2D eigenvalue weighted by Crippen LogP contribution is -2.36. The molecule has 0 aliphatic heterocycles. The van der Waals surface area contributed by atoms with Gasteiger partial charge in [-0.2, -0.15) is 0 Å². The monoisotopic (exact) mass is 499 g/mol. The van der Waals surface area contributed by atoms with Crippen LogP contribution in [0.4, 0.5) is 5.13 Å². The Morgan fingerprint density at radius 1 is 1.13 bits per heavy atom. The van der Waals surface area contributed by atoms with Gasteiger partial charge < -0.3 is 4.90 Å². The van der Waals surface area contributed by atoms with Crippen molar-refractivity contribution in [1.29, 1.82) is 0 Å². The number of amides is 1. The number of halogens is 1. The first-order valence-corrected chi connectivity index (χ1v) is 13.2. The summed E-state index contributed by atoms with van der Waals surface area (Å²) in [6, 6.07) is 12.3. The molecule has 168 valence electrons. The molecule has 10 heteroatoms. The maximum absolute atomic E-state index is 13.4. The number of benzene rings is 2. The van der Waals surface area contributed by atoms with E-state index in [-0.39, 0.29) is 29.0 Å². The van der Waals surface area contributed by atoms with Crippen LogP contribution in [0.5, 0.6) is 0 Å². The molecule has 0 unspecified atom stereocenters. The van der Waals surface area contributed by atoms with Gasteiger partial charge in [0, 0.05) is 23.5 Å². The van der Waals surface area contributed by atoms with E-state index in [4.69, 9.17) is 0 Å². The number of sulfone groups is 1. The highest BCUT2D eigenvalue weighted by Crippen LogP contribution is 2.32. The van der Waals surface area contributed by atoms with Gasteiger partial charge >= 0.3 is 0 Å². The van der Waals surface area contributed by atoms with Crippen LogP contribution in [0, 0.1) is 0 Å². The number of nitrogens with zero attached hydrogens (tertiary/aromatic N) is 3. The number of aromatic nitrogens is 1. The predicted molar refractivity (Wildman–Crippen MR) is 133 cm³/mol. The van der Waals surface area contributed by atoms with Crippen LogP contribution in [-0.2, 0) is 9.84 Å². The lowest BCUT2D eigenvalue weighted by molar-refractivity contribution is 0.0985. The molecule has 0 atom stereocenters. The van der Waals surface area contributed by atoms with Crippen molar-refractivity contribution in [3.05, 3.63) is 48.0 Å². The van der Waals surface area contributed by atoms with Gasteiger partial charge in [0.25, 0.3) is 5.91 Å². The van der Waals surface area contributed by atoms with Crippen molar-refractivity contribution in [3.8, 4) is 0 Å². The third-order valence-electron chi connectivity index (χ3n) is 4.65. The Balaban J connectivity index is 0.00000341. The van der Waals surface area contributed by atoms with Gasteiger partial charge in [-0.1, -0.05) is 24.3 Å². The highest BCUT2D eigenvalue weighted by molar-refractivity contribution is 7.98. The molecular formula is C21H26ClN3O3S3. The van der Waals surface area contributed by atoms with Crippen LogP contribution >= 0.6 is 35.5 Å². The molecule has 0 bridgehead atoms. The van der Waals surface area contributed by atoms with E-state index in [1.54, 1.807) is 35.7 Å². The van der Waals surface area contributed by atoms with Gasteiger partial charge in [0.15, 0.2) is 15.0 Å². The number of hydrogen-bond donors (Lipinski definition) is 0. The van der Waals surface area contributed by atoms with Gasteiger partial charge in [-0.25, -0.2) is 13.4 Å². The van der Waals surface area contributed by atoms with E-state index in [2.05, 4.69) is 11.1 Å². The molecular weight excluding hydrogens is 474 g/mol. The standard InChI is InChI=1S/C21H25N3O3S3.ClH/c1-5-30(26,27)17-8-6-7-15(13-17)20(25)24(12-11-23(2)3)21-22-18-10-9-16(28-4)14-19(18)29-21;/h6-10,13-14H,5,11-12H2,1-4H3;1H. The summed E-state index contributed by atoms with van der Waals surface area (Å²) in [6.07, 6.45) is 2.02. The lowest BCUT2D eigenvalue weighted by Gasteiger charge is -2.22. The lowest BCUT2D eigenvalue weighted by atomic mass is 10.2. The van der Waals surface area contributed by atoms with Crippen LogP contribution in [0.15, 0.2) is 52.3 Å². The Morgan fingerprint density at radius 3 is 2.52 bits per heavy atom. The van der Waals surface area contributed by atoms with Crippen LogP contribution in [0.2, 0.25) is 0 Å². The molecule has 1 amide bonds. The van der Waals surface area contributed by atoms with Crippen molar-refractivity contribution in [2.24, 2.45) is 0 Å². The van der Waals surface area contributed by atoms with Gasteiger partial charge in [0.1, 0.15) is 0 Å². The molecule has 0 fully saturated rings. The molecule has 0 aliphatic rings. The summed E-state index contributed by atoms with van der Waals surface area (Å²) in [7, 11) is 0.496. The molecule has 0 aliphatic carbocycles. The Bertz CT molecular complexity index is 1160. The molecule has 0 N–H and O–H groups in total. The van der Waals surface area contributed by atoms with Crippen LogP contribution in [0.3, 0.4) is 0 Å². The fourth-order valence-electron chi connectivity index (χ4n) is 2.86. The molecule has 0 saturated heterocycles. The number of rotatable bonds is 8. The number of fused-ring (bicyclic) bond motifs is 1. The summed E-state index contributed by atoms with van der Waals surface area (Å²) in [5.74, 6) is -0.265. The average molecular weight is 500 g/mol. The normalized spacial score (nSPS) is 11.5. The van der Waals surface area contributed by atoms with E-state index < -0.39 is 9.84 Å². The molecule has 0 radical (unpaired) electrons. The van der Waals surface area contributed by atoms with Crippen LogP contribution in [0.25, 0.3) is 10.2 Å². The number of likely N-dealkylation sites (N-methyl/N-ethyl adjacent to an activating group) is 1. The summed E-state index contributed by atoms with van der Waals surface area (Å²) in [4.78, 5) is 23.0. The smallest absolute Gasteiger partial charge is 0.260 e. The van der Waals surface area contributed by atoms with Crippen LogP contribution < -0.4 is 4.90 Å². The molecule has 1 aromatic heterocycles. The first-order chi connectivity index (χ1) is 14.2. The largest absolute Gasteiger partial charge is 0.308 e. The SMILES string of the molecule is CCS(=O)(=O)c1cccc(C(=O)N(CCN(C)C)c2nc3ccc(SC)cc3s2)c1.Cl. The maximum Gasteiger partial charge on any atom is 0.260 e. The number of anilines is 1. The zero-order chi connectivity index (χ0) is 21.9. The van der Waals surface area contributed by atoms with E-state index in [1.165, 1.54) is 23.5 Å². The quantitative estimate of drug-likeness (QED) is 0.427. The molecule has 1 heterocycles. The summed E-state index contributed by atoms with van der Waals surface area (Å²) < 4.78 is 25.5. The fraction of sp³-hybridized carbons (Fsp3) is 0.333. The third-order valence-corrected chi connectivity index (χ3v) is 8.15. The van der Waals surface area contributed by atoms with E-state index in [0.717, 1.165) is 15.1 Å². The second-order valence-corrected chi connectivity index (χ2v) is 11.2. The van der Waals surface area contributed by atoms with Crippen molar-refractivity contribution < 1.29 is 13.2 Å². The second-order valence-electron chi connectivity index (χ2n) is 7.02. The number of thioether (sulfide) groups is 1. The van der Waals surface area contributed by atoms with Gasteiger partial charge in [-0.15, -0.1) is 24.2 Å². The minimum Gasteiger partial charge on any atom is -0.308 e. The Labute approximate surface area is 198 Å². The van der Waals surface area contributed by atoms with E-state index in [0.29, 0.717) is 23.8 Å². The first-order valence-electron chi connectivity index (χ1n) is 9.49. The van der Waals surface area contributed by atoms with Crippen LogP contribution in [-0.4, -0.2) is 63.4 Å². The van der Waals surface area contributed by atoms with Crippen LogP contribution in [0.1, 0.15) is 17.3 Å². The van der Waals surface area contributed by atoms with Crippen molar-refractivity contribution in [3.63, 3.8) is 0 Å². The Hall–Kier alpha value is -1.65. The summed E-state index contributed by atoms with van der Waals surface area (Å²) >= 11 is 3.13. The minimum absolute atomic E-state index is 0. The number of hydrogen-bond acceptors (Lipinski definition) is 7. The number of carbonyl (C=O) groups excluding carboxylic acids is 1. The topological polar surface area (TPSA) is 70.6 Å². The first kappa shape index (κ1) is 25.6. The Kier molecular flexibility index (Phi) is 8.91. The van der Waals surface area contributed by atoms with Crippen molar-refractivity contribution in [2.75, 3.05) is 44.1 Å². The molecule has 0 saturated carbocycles. The van der Waals surface area contributed by atoms with Crippen molar-refractivity contribution in [2.45, 2.75) is 16.7 Å². The van der Waals surface area contributed by atoms with Gasteiger partial charge in [0.05, 0.1) is 20.9 Å². The molecule has 6 nitrogen and oxygen atoms in total. The van der Waals surface area contributed by atoms with Crippen molar-refractivity contribution >= 4 is 66.6 Å². The maximum atomic E-state index is 13.4. The minimum atomic E-state index is -3.39. The molecule has 3 rings (SSSR count). The summed E-state index contributed by atoms with van der Waals surface area (Å²) in [5, 5.41) is 0.610. The van der Waals surface area contributed by atoms with E-state index in [1.807, 2.05) is 37.4 Å². The van der Waals surface area contributed by atoms with Gasteiger partial charge in [0.2, 0.25) is 0 Å². The zero-order valence-corrected chi connectivity index (χ0v) is 21.1. The second kappa shape index (κ2) is 10.8. The molecule has 31 heavy (non-hydrogen) atoms. The number of thiazole rings is 1. The fourth-order valence-corrected chi connectivity index (χ4v) is 5.33. The highest BCUT2D eigenvalue weighted by Gasteiger charge is 2.23. The molecule has 0 spiro atoms. The summed E-state index contributed by atoms with van der Waals surface area (Å²) in [5.41, 5.74) is 1.19.